The van der Waals surface area contributed by atoms with Crippen LogP contribution in [0.3, 0.4) is 0 Å². The molecule has 96 valence electrons. The van der Waals surface area contributed by atoms with Crippen LogP contribution < -0.4 is 11.1 Å². The molecule has 2 unspecified atom stereocenters. The number of rotatable bonds is 4. The van der Waals surface area contributed by atoms with Crippen LogP contribution in [0.4, 0.5) is 6.01 Å². The molecule has 1 aromatic carbocycles. The van der Waals surface area contributed by atoms with E-state index in [1.165, 1.54) is 0 Å². The van der Waals surface area contributed by atoms with Crippen molar-refractivity contribution >= 4 is 17.6 Å². The second kappa shape index (κ2) is 5.37. The Hall–Kier alpha value is -1.59. The predicted molar refractivity (Wildman–Crippen MR) is 70.4 cm³/mol. The van der Waals surface area contributed by atoms with Gasteiger partial charge in [-0.25, -0.2) is 0 Å². The summed E-state index contributed by atoms with van der Waals surface area (Å²) in [6.45, 7) is 3.79. The van der Waals surface area contributed by atoms with Crippen LogP contribution in [0.5, 0.6) is 0 Å². The molecule has 6 heteroatoms. The molecule has 3 N–H and O–H groups in total. The van der Waals surface area contributed by atoms with Gasteiger partial charge in [0, 0.05) is 5.02 Å². The minimum absolute atomic E-state index is 0.0450. The average molecular weight is 267 g/mol. The van der Waals surface area contributed by atoms with Gasteiger partial charge in [0.15, 0.2) is 0 Å². The smallest absolute Gasteiger partial charge is 0.315 e. The summed E-state index contributed by atoms with van der Waals surface area (Å²) in [5.41, 5.74) is 6.73. The third-order valence-electron chi connectivity index (χ3n) is 2.54. The van der Waals surface area contributed by atoms with E-state index in [9.17, 15) is 0 Å². The Balaban J connectivity index is 2.06. The lowest BCUT2D eigenvalue weighted by atomic mass is 10.1. The van der Waals surface area contributed by atoms with Crippen molar-refractivity contribution < 1.29 is 4.42 Å². The van der Waals surface area contributed by atoms with E-state index >= 15 is 0 Å². The highest BCUT2D eigenvalue weighted by Crippen LogP contribution is 2.21. The SMILES string of the molecule is CC(N)c1nnc(NC(C)c2ccc(Cl)cc2)o1. The van der Waals surface area contributed by atoms with Crippen LogP contribution in [-0.4, -0.2) is 10.2 Å². The fourth-order valence-electron chi connectivity index (χ4n) is 1.50. The standard InChI is InChI=1S/C12H15ClN4O/c1-7(14)11-16-17-12(18-11)15-8(2)9-3-5-10(13)6-4-9/h3-8H,14H2,1-2H3,(H,15,17). The third kappa shape index (κ3) is 3.00. The summed E-state index contributed by atoms with van der Waals surface area (Å²) in [4.78, 5) is 0. The largest absolute Gasteiger partial charge is 0.406 e. The van der Waals surface area contributed by atoms with E-state index < -0.39 is 0 Å². The highest BCUT2D eigenvalue weighted by atomic mass is 35.5. The van der Waals surface area contributed by atoms with E-state index in [0.29, 0.717) is 16.9 Å². The predicted octanol–water partition coefficient (Wildman–Crippen LogP) is 2.92. The summed E-state index contributed by atoms with van der Waals surface area (Å²) in [7, 11) is 0. The Labute approximate surface area is 110 Å². The van der Waals surface area contributed by atoms with Crippen LogP contribution in [0.2, 0.25) is 5.02 Å². The maximum Gasteiger partial charge on any atom is 0.315 e. The lowest BCUT2D eigenvalue weighted by Crippen LogP contribution is -2.06. The maximum atomic E-state index is 5.84. The highest BCUT2D eigenvalue weighted by Gasteiger charge is 2.12. The lowest BCUT2D eigenvalue weighted by molar-refractivity contribution is 0.470. The Morgan fingerprint density at radius 1 is 1.22 bits per heavy atom. The normalized spacial score (nSPS) is 14.2. The molecule has 0 aliphatic carbocycles. The lowest BCUT2D eigenvalue weighted by Gasteiger charge is -2.12. The molecule has 1 aromatic heterocycles. The fraction of sp³-hybridized carbons (Fsp3) is 0.333. The van der Waals surface area contributed by atoms with Crippen LogP contribution in [0.25, 0.3) is 0 Å². The Bertz CT molecular complexity index is 509. The maximum absolute atomic E-state index is 5.84. The molecule has 18 heavy (non-hydrogen) atoms. The molecule has 0 aliphatic rings. The van der Waals surface area contributed by atoms with Gasteiger partial charge in [-0.05, 0) is 31.5 Å². The van der Waals surface area contributed by atoms with Gasteiger partial charge in [0.1, 0.15) is 0 Å². The summed E-state index contributed by atoms with van der Waals surface area (Å²) in [5.74, 6) is 0.417. The zero-order valence-corrected chi connectivity index (χ0v) is 11.0. The van der Waals surface area contributed by atoms with E-state index in [4.69, 9.17) is 21.8 Å². The number of hydrogen-bond acceptors (Lipinski definition) is 5. The van der Waals surface area contributed by atoms with Gasteiger partial charge in [-0.3, -0.25) is 0 Å². The van der Waals surface area contributed by atoms with Gasteiger partial charge in [-0.2, -0.15) is 0 Å². The summed E-state index contributed by atoms with van der Waals surface area (Å²) in [6.07, 6.45) is 0. The van der Waals surface area contributed by atoms with Crippen molar-refractivity contribution in [1.82, 2.24) is 10.2 Å². The number of nitrogens with two attached hydrogens (primary N) is 1. The number of halogens is 1. The van der Waals surface area contributed by atoms with Crippen LogP contribution in [-0.2, 0) is 0 Å². The molecule has 0 amide bonds. The zero-order valence-electron chi connectivity index (χ0n) is 10.2. The minimum atomic E-state index is -0.265. The molecule has 0 radical (unpaired) electrons. The number of aromatic nitrogens is 2. The van der Waals surface area contributed by atoms with Crippen LogP contribution >= 0.6 is 11.6 Å². The van der Waals surface area contributed by atoms with Crippen molar-refractivity contribution in [2.75, 3.05) is 5.32 Å². The first-order chi connectivity index (χ1) is 8.56. The number of nitrogens with zero attached hydrogens (tertiary/aromatic N) is 2. The van der Waals surface area contributed by atoms with Crippen LogP contribution in [0.15, 0.2) is 28.7 Å². The van der Waals surface area contributed by atoms with Gasteiger partial charge in [0.25, 0.3) is 0 Å². The van der Waals surface area contributed by atoms with Crippen LogP contribution in [0, 0.1) is 0 Å². The fourth-order valence-corrected chi connectivity index (χ4v) is 1.62. The van der Waals surface area contributed by atoms with Crippen molar-refractivity contribution in [3.63, 3.8) is 0 Å². The first kappa shape index (κ1) is 12.9. The molecule has 1 heterocycles. The van der Waals surface area contributed by atoms with Gasteiger partial charge in [-0.1, -0.05) is 28.8 Å². The van der Waals surface area contributed by atoms with E-state index in [1.807, 2.05) is 31.2 Å². The molecule has 0 saturated heterocycles. The van der Waals surface area contributed by atoms with Gasteiger partial charge in [0.2, 0.25) is 5.89 Å². The molecule has 0 saturated carbocycles. The van der Waals surface area contributed by atoms with E-state index in [0.717, 1.165) is 5.56 Å². The molecular weight excluding hydrogens is 252 g/mol. The quantitative estimate of drug-likeness (QED) is 0.890. The van der Waals surface area contributed by atoms with Gasteiger partial charge < -0.3 is 15.5 Å². The van der Waals surface area contributed by atoms with Crippen LogP contribution in [0.1, 0.15) is 37.4 Å². The molecule has 2 aromatic rings. The first-order valence-corrected chi connectivity index (χ1v) is 6.05. The summed E-state index contributed by atoms with van der Waals surface area (Å²) in [5, 5.41) is 11.6. The number of hydrogen-bond donors (Lipinski definition) is 2. The van der Waals surface area contributed by atoms with Gasteiger partial charge in [-0.15, -0.1) is 5.10 Å². The highest BCUT2D eigenvalue weighted by molar-refractivity contribution is 6.30. The zero-order chi connectivity index (χ0) is 13.1. The van der Waals surface area contributed by atoms with Gasteiger partial charge in [0.05, 0.1) is 12.1 Å². The Morgan fingerprint density at radius 3 is 2.44 bits per heavy atom. The molecular formula is C12H15ClN4O. The second-order valence-corrected chi connectivity index (χ2v) is 4.59. The number of anilines is 1. The van der Waals surface area contributed by atoms with E-state index in [-0.39, 0.29) is 12.1 Å². The second-order valence-electron chi connectivity index (χ2n) is 4.15. The molecule has 0 spiro atoms. The molecule has 2 atom stereocenters. The Morgan fingerprint density at radius 2 is 1.89 bits per heavy atom. The minimum Gasteiger partial charge on any atom is -0.406 e. The molecule has 2 rings (SSSR count). The first-order valence-electron chi connectivity index (χ1n) is 5.67. The number of benzene rings is 1. The van der Waals surface area contributed by atoms with Gasteiger partial charge >= 0.3 is 6.01 Å². The summed E-state index contributed by atoms with van der Waals surface area (Å²) < 4.78 is 5.38. The summed E-state index contributed by atoms with van der Waals surface area (Å²) >= 11 is 5.84. The molecule has 0 fully saturated rings. The average Bonchev–Trinajstić information content (AvgIpc) is 2.78. The monoisotopic (exact) mass is 266 g/mol. The van der Waals surface area contributed by atoms with Crippen molar-refractivity contribution in [3.8, 4) is 0 Å². The van der Waals surface area contributed by atoms with Crippen molar-refractivity contribution in [2.45, 2.75) is 25.9 Å². The van der Waals surface area contributed by atoms with E-state index in [2.05, 4.69) is 15.5 Å². The van der Waals surface area contributed by atoms with Crippen molar-refractivity contribution in [3.05, 3.63) is 40.7 Å². The summed E-state index contributed by atoms with van der Waals surface area (Å²) in [6, 6.07) is 7.73. The molecule has 5 nitrogen and oxygen atoms in total. The molecule has 0 aliphatic heterocycles. The Kier molecular flexibility index (Phi) is 3.84. The topological polar surface area (TPSA) is 77.0 Å². The third-order valence-corrected chi connectivity index (χ3v) is 2.79. The number of nitrogens with one attached hydrogen (secondary N) is 1. The van der Waals surface area contributed by atoms with E-state index in [1.54, 1.807) is 6.92 Å². The molecule has 0 bridgehead atoms. The van der Waals surface area contributed by atoms with Crippen molar-refractivity contribution in [1.29, 1.82) is 0 Å². The van der Waals surface area contributed by atoms with Crippen molar-refractivity contribution in [2.24, 2.45) is 5.73 Å².